The molecule has 0 fully saturated rings. The summed E-state index contributed by atoms with van der Waals surface area (Å²) in [4.78, 5) is 24.2. The first-order valence-electron chi connectivity index (χ1n) is 10.5. The minimum Gasteiger partial charge on any atom is -0.497 e. The Balaban J connectivity index is 1.48. The summed E-state index contributed by atoms with van der Waals surface area (Å²) in [5.41, 5.74) is 1.23. The van der Waals surface area contributed by atoms with Crippen LogP contribution in [0.5, 0.6) is 11.5 Å². The van der Waals surface area contributed by atoms with Crippen LogP contribution < -0.4 is 20.1 Å². The van der Waals surface area contributed by atoms with Crippen LogP contribution in [0.1, 0.15) is 59.2 Å². The third kappa shape index (κ3) is 8.15. The van der Waals surface area contributed by atoms with Crippen LogP contribution in [0, 0.1) is 0 Å². The summed E-state index contributed by atoms with van der Waals surface area (Å²) in [5.74, 6) is 1.23. The van der Waals surface area contributed by atoms with E-state index >= 15 is 0 Å². The Morgan fingerprint density at radius 3 is 1.47 bits per heavy atom. The zero-order valence-corrected chi connectivity index (χ0v) is 17.9. The second kappa shape index (κ2) is 13.2. The fraction of sp³-hybridized carbons (Fsp3) is 0.417. The van der Waals surface area contributed by atoms with Gasteiger partial charge in [0, 0.05) is 24.2 Å². The highest BCUT2D eigenvalue weighted by atomic mass is 16.5. The molecule has 2 rings (SSSR count). The van der Waals surface area contributed by atoms with Crippen molar-refractivity contribution in [3.8, 4) is 11.5 Å². The van der Waals surface area contributed by atoms with Crippen molar-refractivity contribution in [2.45, 2.75) is 38.5 Å². The Hall–Kier alpha value is -3.02. The topological polar surface area (TPSA) is 76.7 Å². The molecule has 2 aromatic rings. The highest BCUT2D eigenvalue weighted by molar-refractivity contribution is 5.95. The lowest BCUT2D eigenvalue weighted by Crippen LogP contribution is -2.24. The van der Waals surface area contributed by atoms with E-state index in [1.165, 1.54) is 0 Å². The number of carbonyl (C=O) groups excluding carboxylic acids is 2. The van der Waals surface area contributed by atoms with Crippen molar-refractivity contribution in [3.05, 3.63) is 59.7 Å². The Morgan fingerprint density at radius 2 is 1.07 bits per heavy atom. The molecule has 0 heterocycles. The van der Waals surface area contributed by atoms with E-state index in [2.05, 4.69) is 10.6 Å². The third-order valence-electron chi connectivity index (χ3n) is 4.84. The van der Waals surface area contributed by atoms with E-state index in [-0.39, 0.29) is 11.8 Å². The summed E-state index contributed by atoms with van der Waals surface area (Å²) in [6, 6.07) is 14.3. The molecule has 0 atom stereocenters. The van der Waals surface area contributed by atoms with E-state index < -0.39 is 0 Å². The smallest absolute Gasteiger partial charge is 0.251 e. The second-order valence-corrected chi connectivity index (χ2v) is 7.10. The van der Waals surface area contributed by atoms with Crippen LogP contribution in [0.3, 0.4) is 0 Å². The maximum Gasteiger partial charge on any atom is 0.251 e. The predicted octanol–water partition coefficient (Wildman–Crippen LogP) is 4.20. The summed E-state index contributed by atoms with van der Waals surface area (Å²) < 4.78 is 10.3. The normalized spacial score (nSPS) is 10.3. The quantitative estimate of drug-likeness (QED) is 0.483. The van der Waals surface area contributed by atoms with E-state index in [9.17, 15) is 9.59 Å². The fourth-order valence-corrected chi connectivity index (χ4v) is 3.09. The molecule has 0 aliphatic heterocycles. The molecule has 0 radical (unpaired) electrons. The molecule has 0 saturated heterocycles. The maximum atomic E-state index is 12.1. The second-order valence-electron chi connectivity index (χ2n) is 7.10. The molecule has 30 heavy (non-hydrogen) atoms. The molecular formula is C24H32N2O4. The highest BCUT2D eigenvalue weighted by Crippen LogP contribution is 2.13. The van der Waals surface area contributed by atoms with Crippen molar-refractivity contribution < 1.29 is 19.1 Å². The molecule has 2 aromatic carbocycles. The van der Waals surface area contributed by atoms with Crippen molar-refractivity contribution >= 4 is 11.8 Å². The van der Waals surface area contributed by atoms with Gasteiger partial charge in [0.2, 0.25) is 0 Å². The van der Waals surface area contributed by atoms with Gasteiger partial charge in [0.1, 0.15) is 11.5 Å². The predicted molar refractivity (Wildman–Crippen MR) is 118 cm³/mol. The van der Waals surface area contributed by atoms with Crippen molar-refractivity contribution in [2.24, 2.45) is 0 Å². The molecule has 0 unspecified atom stereocenters. The van der Waals surface area contributed by atoms with Gasteiger partial charge in [0.05, 0.1) is 14.2 Å². The number of amides is 2. The molecule has 0 aliphatic rings. The van der Waals surface area contributed by atoms with Gasteiger partial charge in [0.15, 0.2) is 0 Å². The molecule has 0 aliphatic carbocycles. The molecule has 6 nitrogen and oxygen atoms in total. The van der Waals surface area contributed by atoms with Crippen LogP contribution >= 0.6 is 0 Å². The first kappa shape index (κ1) is 23.3. The number of methoxy groups -OCH3 is 2. The molecule has 2 amide bonds. The van der Waals surface area contributed by atoms with Gasteiger partial charge in [-0.2, -0.15) is 0 Å². The minimum absolute atomic E-state index is 0.0688. The van der Waals surface area contributed by atoms with Crippen LogP contribution in [0.25, 0.3) is 0 Å². The highest BCUT2D eigenvalue weighted by Gasteiger charge is 2.06. The summed E-state index contributed by atoms with van der Waals surface area (Å²) in [7, 11) is 3.18. The van der Waals surface area contributed by atoms with Gasteiger partial charge in [0.25, 0.3) is 11.8 Å². The molecule has 6 heteroatoms. The first-order valence-corrected chi connectivity index (χ1v) is 10.5. The summed E-state index contributed by atoms with van der Waals surface area (Å²) in [5, 5.41) is 5.89. The number of ether oxygens (including phenoxy) is 2. The largest absolute Gasteiger partial charge is 0.497 e. The number of unbranched alkanes of at least 4 members (excludes halogenated alkanes) is 5. The van der Waals surface area contributed by atoms with E-state index in [1.54, 1.807) is 38.5 Å². The lowest BCUT2D eigenvalue weighted by molar-refractivity contribution is 0.0944. The van der Waals surface area contributed by atoms with Crippen LogP contribution in [0.2, 0.25) is 0 Å². The van der Waals surface area contributed by atoms with E-state index in [4.69, 9.17) is 9.47 Å². The van der Waals surface area contributed by atoms with Gasteiger partial charge in [-0.1, -0.05) is 37.8 Å². The van der Waals surface area contributed by atoms with Gasteiger partial charge in [-0.3, -0.25) is 9.59 Å². The number of benzene rings is 2. The zero-order chi connectivity index (χ0) is 21.6. The summed E-state index contributed by atoms with van der Waals surface area (Å²) in [6.45, 7) is 1.35. The van der Waals surface area contributed by atoms with Crippen LogP contribution in [-0.4, -0.2) is 39.1 Å². The number of hydrogen-bond donors (Lipinski definition) is 2. The molecular weight excluding hydrogens is 380 g/mol. The molecule has 0 aromatic heterocycles. The maximum absolute atomic E-state index is 12.1. The van der Waals surface area contributed by atoms with Crippen molar-refractivity contribution in [1.29, 1.82) is 0 Å². The van der Waals surface area contributed by atoms with Crippen LogP contribution in [0.4, 0.5) is 0 Å². The summed E-state index contributed by atoms with van der Waals surface area (Å²) in [6.07, 6.45) is 6.32. The zero-order valence-electron chi connectivity index (χ0n) is 17.9. The Kier molecular flexibility index (Phi) is 10.3. The monoisotopic (exact) mass is 412 g/mol. The van der Waals surface area contributed by atoms with Crippen molar-refractivity contribution in [2.75, 3.05) is 27.3 Å². The lowest BCUT2D eigenvalue weighted by Gasteiger charge is -2.07. The number of hydrogen-bond acceptors (Lipinski definition) is 4. The van der Waals surface area contributed by atoms with Gasteiger partial charge < -0.3 is 20.1 Å². The number of nitrogens with one attached hydrogen (secondary N) is 2. The Bertz CT molecular complexity index is 740. The Morgan fingerprint density at radius 1 is 0.667 bits per heavy atom. The standard InChI is InChI=1S/C24H32N2O4/c1-29-21-13-9-11-19(17-21)23(27)25-15-7-5-3-4-6-8-16-26-24(28)20-12-10-14-22(18-20)30-2/h9-14,17-18H,3-8,15-16H2,1-2H3,(H,25,27)(H,26,28). The SMILES string of the molecule is COc1cccc(C(=O)NCCCCCCCCNC(=O)c2cccc(OC)c2)c1. The first-order chi connectivity index (χ1) is 14.6. The average Bonchev–Trinajstić information content (AvgIpc) is 2.79. The van der Waals surface area contributed by atoms with E-state index in [0.717, 1.165) is 38.5 Å². The average molecular weight is 413 g/mol. The molecule has 0 saturated carbocycles. The molecule has 2 N–H and O–H groups in total. The van der Waals surface area contributed by atoms with Crippen molar-refractivity contribution in [3.63, 3.8) is 0 Å². The number of carbonyl (C=O) groups is 2. The van der Waals surface area contributed by atoms with Gasteiger partial charge >= 0.3 is 0 Å². The van der Waals surface area contributed by atoms with Crippen molar-refractivity contribution in [1.82, 2.24) is 10.6 Å². The minimum atomic E-state index is -0.0688. The fourth-order valence-electron chi connectivity index (χ4n) is 3.09. The van der Waals surface area contributed by atoms with Gasteiger partial charge in [-0.05, 0) is 49.2 Å². The van der Waals surface area contributed by atoms with Gasteiger partial charge in [-0.25, -0.2) is 0 Å². The third-order valence-corrected chi connectivity index (χ3v) is 4.84. The molecule has 162 valence electrons. The van der Waals surface area contributed by atoms with Crippen LogP contribution in [-0.2, 0) is 0 Å². The Labute approximate surface area is 179 Å². The van der Waals surface area contributed by atoms with E-state index in [1.807, 2.05) is 24.3 Å². The molecule has 0 bridgehead atoms. The van der Waals surface area contributed by atoms with Gasteiger partial charge in [-0.15, -0.1) is 0 Å². The number of rotatable bonds is 13. The van der Waals surface area contributed by atoms with E-state index in [0.29, 0.717) is 35.7 Å². The molecule has 0 spiro atoms. The lowest BCUT2D eigenvalue weighted by atomic mass is 10.1. The summed E-state index contributed by atoms with van der Waals surface area (Å²) >= 11 is 0. The van der Waals surface area contributed by atoms with Crippen LogP contribution in [0.15, 0.2) is 48.5 Å².